The average molecular weight is 407 g/mol. The number of amides is 2. The fourth-order valence-electron chi connectivity index (χ4n) is 2.96. The van der Waals surface area contributed by atoms with E-state index >= 15 is 0 Å². The van der Waals surface area contributed by atoms with E-state index in [-0.39, 0.29) is 18.3 Å². The van der Waals surface area contributed by atoms with Gasteiger partial charge in [0.1, 0.15) is 23.8 Å². The summed E-state index contributed by atoms with van der Waals surface area (Å²) in [6.45, 7) is -0.0203. The first-order chi connectivity index (χ1) is 14.5. The molecular formula is C21H18FN5O3. The maximum absolute atomic E-state index is 13.3. The van der Waals surface area contributed by atoms with E-state index in [1.165, 1.54) is 23.0 Å². The summed E-state index contributed by atoms with van der Waals surface area (Å²) in [5.41, 5.74) is 2.02. The van der Waals surface area contributed by atoms with E-state index in [0.717, 1.165) is 0 Å². The maximum Gasteiger partial charge on any atom is 0.272 e. The van der Waals surface area contributed by atoms with E-state index in [1.807, 2.05) is 0 Å². The summed E-state index contributed by atoms with van der Waals surface area (Å²) in [5, 5.41) is 10.1. The van der Waals surface area contributed by atoms with E-state index in [1.54, 1.807) is 49.7 Å². The van der Waals surface area contributed by atoms with Crippen LogP contribution in [0.15, 0.2) is 60.9 Å². The topological polar surface area (TPSA) is 101 Å². The number of H-pyrrole nitrogens is 1. The van der Waals surface area contributed by atoms with Crippen molar-refractivity contribution in [3.63, 3.8) is 0 Å². The second-order valence-corrected chi connectivity index (χ2v) is 6.57. The largest absolute Gasteiger partial charge is 0.497 e. The zero-order valence-electron chi connectivity index (χ0n) is 16.0. The first kappa shape index (κ1) is 19.2. The number of carbonyl (C=O) groups excluding carboxylic acids is 2. The summed E-state index contributed by atoms with van der Waals surface area (Å²) in [6.07, 6.45) is 2.99. The molecule has 2 amide bonds. The molecule has 4 aromatic rings. The van der Waals surface area contributed by atoms with Gasteiger partial charge in [0, 0.05) is 22.8 Å². The van der Waals surface area contributed by atoms with Crippen LogP contribution in [0.1, 0.15) is 10.5 Å². The molecule has 30 heavy (non-hydrogen) atoms. The first-order valence-corrected chi connectivity index (χ1v) is 9.06. The fraction of sp³-hybridized carbons (Fsp3) is 0.0952. The first-order valence-electron chi connectivity index (χ1n) is 9.06. The minimum Gasteiger partial charge on any atom is -0.497 e. The maximum atomic E-state index is 13.3. The van der Waals surface area contributed by atoms with Gasteiger partial charge in [-0.1, -0.05) is 0 Å². The number of aromatic amines is 1. The van der Waals surface area contributed by atoms with Gasteiger partial charge in [0.25, 0.3) is 5.91 Å². The zero-order valence-corrected chi connectivity index (χ0v) is 16.0. The molecule has 3 N–H and O–H groups in total. The second-order valence-electron chi connectivity index (χ2n) is 6.57. The summed E-state index contributed by atoms with van der Waals surface area (Å²) in [5.74, 6) is -0.337. The average Bonchev–Trinajstić information content (AvgIpc) is 3.34. The molecule has 9 heteroatoms. The van der Waals surface area contributed by atoms with Crippen LogP contribution in [0.3, 0.4) is 0 Å². The number of hydrogen-bond acceptors (Lipinski definition) is 4. The highest BCUT2D eigenvalue weighted by Gasteiger charge is 2.12. The number of rotatable bonds is 6. The van der Waals surface area contributed by atoms with Crippen LogP contribution < -0.4 is 15.4 Å². The lowest BCUT2D eigenvalue weighted by Gasteiger charge is -2.06. The van der Waals surface area contributed by atoms with Crippen LogP contribution in [0, 0.1) is 5.82 Å². The van der Waals surface area contributed by atoms with Gasteiger partial charge in [0.2, 0.25) is 5.91 Å². The van der Waals surface area contributed by atoms with Crippen molar-refractivity contribution in [2.75, 3.05) is 17.7 Å². The molecule has 0 saturated heterocycles. The number of anilines is 2. The molecule has 0 unspecified atom stereocenters. The number of methoxy groups -OCH3 is 1. The van der Waals surface area contributed by atoms with Crippen molar-refractivity contribution in [1.29, 1.82) is 0 Å². The van der Waals surface area contributed by atoms with Crippen molar-refractivity contribution >= 4 is 34.1 Å². The van der Waals surface area contributed by atoms with Gasteiger partial charge >= 0.3 is 0 Å². The molecule has 4 rings (SSSR count). The SMILES string of the molecule is COc1ccc(NC(=O)Cn2cc(NC(=O)c3cc4cc(F)ccc4[nH]3)cn2)cc1. The predicted octanol–water partition coefficient (Wildman–Crippen LogP) is 3.40. The number of halogens is 1. The van der Waals surface area contributed by atoms with Gasteiger partial charge in [-0.05, 0) is 48.5 Å². The molecule has 0 saturated carbocycles. The van der Waals surface area contributed by atoms with Gasteiger partial charge < -0.3 is 20.4 Å². The molecule has 152 valence electrons. The molecule has 0 spiro atoms. The molecule has 0 radical (unpaired) electrons. The highest BCUT2D eigenvalue weighted by Crippen LogP contribution is 2.18. The number of benzene rings is 2. The van der Waals surface area contributed by atoms with Crippen LogP contribution in [0.4, 0.5) is 15.8 Å². The third-order valence-electron chi connectivity index (χ3n) is 4.40. The van der Waals surface area contributed by atoms with E-state index in [9.17, 15) is 14.0 Å². The number of fused-ring (bicyclic) bond motifs is 1. The van der Waals surface area contributed by atoms with Crippen molar-refractivity contribution in [1.82, 2.24) is 14.8 Å². The summed E-state index contributed by atoms with van der Waals surface area (Å²) in [7, 11) is 1.57. The van der Waals surface area contributed by atoms with Gasteiger partial charge in [-0.2, -0.15) is 5.10 Å². The Labute approximate surface area is 170 Å². The molecule has 2 aromatic heterocycles. The Morgan fingerprint density at radius 3 is 2.67 bits per heavy atom. The van der Waals surface area contributed by atoms with Crippen LogP contribution in [0.25, 0.3) is 10.9 Å². The lowest BCUT2D eigenvalue weighted by atomic mass is 10.2. The molecule has 0 fully saturated rings. The highest BCUT2D eigenvalue weighted by atomic mass is 19.1. The Kier molecular flexibility index (Phi) is 5.17. The van der Waals surface area contributed by atoms with Crippen molar-refractivity contribution in [3.05, 3.63) is 72.4 Å². The van der Waals surface area contributed by atoms with Crippen LogP contribution >= 0.6 is 0 Å². The quantitative estimate of drug-likeness (QED) is 0.456. The third kappa shape index (κ3) is 4.30. The zero-order chi connectivity index (χ0) is 21.1. The molecule has 8 nitrogen and oxygen atoms in total. The van der Waals surface area contributed by atoms with E-state index in [0.29, 0.717) is 33.7 Å². The van der Waals surface area contributed by atoms with Gasteiger partial charge in [0.15, 0.2) is 0 Å². The van der Waals surface area contributed by atoms with Crippen molar-refractivity contribution < 1.29 is 18.7 Å². The molecule has 0 bridgehead atoms. The smallest absolute Gasteiger partial charge is 0.272 e. The van der Waals surface area contributed by atoms with Crippen molar-refractivity contribution in [3.8, 4) is 5.75 Å². The Morgan fingerprint density at radius 2 is 1.90 bits per heavy atom. The second kappa shape index (κ2) is 8.08. The number of aromatic nitrogens is 3. The molecule has 0 aliphatic heterocycles. The summed E-state index contributed by atoms with van der Waals surface area (Å²) in [6, 6.07) is 12.8. The number of hydrogen-bond donors (Lipinski definition) is 3. The van der Waals surface area contributed by atoms with Gasteiger partial charge in [-0.3, -0.25) is 14.3 Å². The standard InChI is InChI=1S/C21H18FN5O3/c1-30-17-5-3-15(4-6-17)24-20(28)12-27-11-16(10-23-27)25-21(29)19-9-13-8-14(22)2-7-18(13)26-19/h2-11,26H,12H2,1H3,(H,24,28)(H,25,29). The molecule has 2 aromatic carbocycles. The monoisotopic (exact) mass is 407 g/mol. The van der Waals surface area contributed by atoms with Gasteiger partial charge in [-0.25, -0.2) is 4.39 Å². The predicted molar refractivity (Wildman–Crippen MR) is 110 cm³/mol. The normalized spacial score (nSPS) is 10.7. The van der Waals surface area contributed by atoms with Crippen molar-refractivity contribution in [2.24, 2.45) is 0 Å². The molecule has 0 atom stereocenters. The van der Waals surface area contributed by atoms with E-state index in [4.69, 9.17) is 4.74 Å². The van der Waals surface area contributed by atoms with Crippen LogP contribution in [-0.4, -0.2) is 33.7 Å². The molecule has 0 aliphatic carbocycles. The van der Waals surface area contributed by atoms with Crippen molar-refractivity contribution in [2.45, 2.75) is 6.54 Å². The Hall–Kier alpha value is -4.14. The third-order valence-corrected chi connectivity index (χ3v) is 4.40. The molecule has 0 aliphatic rings. The lowest BCUT2D eigenvalue weighted by Crippen LogP contribution is -2.19. The lowest BCUT2D eigenvalue weighted by molar-refractivity contribution is -0.116. The summed E-state index contributed by atoms with van der Waals surface area (Å²) in [4.78, 5) is 27.6. The Bertz CT molecular complexity index is 1210. The summed E-state index contributed by atoms with van der Waals surface area (Å²) >= 11 is 0. The molecular weight excluding hydrogens is 389 g/mol. The minimum absolute atomic E-state index is 0.0203. The number of ether oxygens (including phenoxy) is 1. The van der Waals surface area contributed by atoms with Crippen LogP contribution in [-0.2, 0) is 11.3 Å². The summed E-state index contributed by atoms with van der Waals surface area (Å²) < 4.78 is 19.8. The van der Waals surface area contributed by atoms with Crippen LogP contribution in [0.2, 0.25) is 0 Å². The molecule has 2 heterocycles. The number of nitrogens with zero attached hydrogens (tertiary/aromatic N) is 2. The van der Waals surface area contributed by atoms with E-state index < -0.39 is 5.91 Å². The number of carbonyl (C=O) groups is 2. The Balaban J connectivity index is 1.36. The minimum atomic E-state index is -0.395. The van der Waals surface area contributed by atoms with E-state index in [2.05, 4.69) is 20.7 Å². The van der Waals surface area contributed by atoms with Gasteiger partial charge in [0.05, 0.1) is 19.0 Å². The van der Waals surface area contributed by atoms with Crippen LogP contribution in [0.5, 0.6) is 5.75 Å². The Morgan fingerprint density at radius 1 is 1.10 bits per heavy atom. The number of nitrogens with one attached hydrogen (secondary N) is 3. The van der Waals surface area contributed by atoms with Gasteiger partial charge in [-0.15, -0.1) is 0 Å². The fourth-order valence-corrected chi connectivity index (χ4v) is 2.96. The highest BCUT2D eigenvalue weighted by molar-refractivity contribution is 6.05.